The lowest BCUT2D eigenvalue weighted by molar-refractivity contribution is 0.413. The standard InChI is InChI=1S/C13H19ClN2O/c1-17-11-5-6-13(12(14)8-11)16-9-10-4-2-3-7-15-10/h5-6,8,10,15-16H,2-4,7,9H2,1H3. The Kier molecular flexibility index (Phi) is 4.51. The van der Waals surface area contributed by atoms with Crippen LogP contribution in [0.4, 0.5) is 5.69 Å². The fourth-order valence-electron chi connectivity index (χ4n) is 2.10. The van der Waals surface area contributed by atoms with Gasteiger partial charge in [0.25, 0.3) is 0 Å². The van der Waals surface area contributed by atoms with Crippen molar-refractivity contribution in [3.05, 3.63) is 23.2 Å². The summed E-state index contributed by atoms with van der Waals surface area (Å²) in [6.45, 7) is 2.05. The van der Waals surface area contributed by atoms with E-state index in [9.17, 15) is 0 Å². The van der Waals surface area contributed by atoms with E-state index in [1.807, 2.05) is 18.2 Å². The molecule has 1 saturated heterocycles. The van der Waals surface area contributed by atoms with Crippen molar-refractivity contribution >= 4 is 17.3 Å². The molecule has 94 valence electrons. The summed E-state index contributed by atoms with van der Waals surface area (Å²) in [6.07, 6.45) is 3.84. The molecule has 3 nitrogen and oxygen atoms in total. The van der Waals surface area contributed by atoms with Gasteiger partial charge in [-0.25, -0.2) is 0 Å². The highest BCUT2D eigenvalue weighted by Crippen LogP contribution is 2.26. The van der Waals surface area contributed by atoms with Crippen LogP contribution >= 0.6 is 11.6 Å². The first kappa shape index (κ1) is 12.5. The molecule has 0 bridgehead atoms. The molecule has 1 aliphatic heterocycles. The molecule has 4 heteroatoms. The zero-order valence-corrected chi connectivity index (χ0v) is 10.9. The molecule has 1 heterocycles. The SMILES string of the molecule is COc1ccc(NCC2CCCCN2)c(Cl)c1. The highest BCUT2D eigenvalue weighted by molar-refractivity contribution is 6.33. The monoisotopic (exact) mass is 254 g/mol. The molecule has 1 atom stereocenters. The third kappa shape index (κ3) is 3.51. The molecule has 2 rings (SSSR count). The van der Waals surface area contributed by atoms with Gasteiger partial charge in [0.05, 0.1) is 17.8 Å². The summed E-state index contributed by atoms with van der Waals surface area (Å²) < 4.78 is 5.12. The van der Waals surface area contributed by atoms with Crippen LogP contribution in [0, 0.1) is 0 Å². The number of ether oxygens (including phenoxy) is 1. The van der Waals surface area contributed by atoms with E-state index in [1.165, 1.54) is 19.3 Å². The summed E-state index contributed by atoms with van der Waals surface area (Å²) in [7, 11) is 1.64. The maximum Gasteiger partial charge on any atom is 0.120 e. The van der Waals surface area contributed by atoms with Gasteiger partial charge in [0.15, 0.2) is 0 Å². The number of hydrogen-bond acceptors (Lipinski definition) is 3. The molecule has 1 aliphatic rings. The van der Waals surface area contributed by atoms with Gasteiger partial charge in [-0.3, -0.25) is 0 Å². The molecule has 1 unspecified atom stereocenters. The first-order chi connectivity index (χ1) is 8.29. The predicted octanol–water partition coefficient (Wildman–Crippen LogP) is 2.90. The molecule has 0 saturated carbocycles. The van der Waals surface area contributed by atoms with E-state index < -0.39 is 0 Å². The minimum atomic E-state index is 0.557. The van der Waals surface area contributed by atoms with E-state index in [0.29, 0.717) is 11.1 Å². The molecule has 17 heavy (non-hydrogen) atoms. The molecule has 0 radical (unpaired) electrons. The lowest BCUT2D eigenvalue weighted by atomic mass is 10.1. The zero-order valence-electron chi connectivity index (χ0n) is 10.1. The topological polar surface area (TPSA) is 33.3 Å². The maximum absolute atomic E-state index is 6.16. The van der Waals surface area contributed by atoms with Crippen LogP contribution in [-0.2, 0) is 0 Å². The molecule has 0 aromatic heterocycles. The van der Waals surface area contributed by atoms with E-state index in [-0.39, 0.29) is 0 Å². The van der Waals surface area contributed by atoms with Crippen molar-refractivity contribution in [3.63, 3.8) is 0 Å². The molecule has 0 aliphatic carbocycles. The Balaban J connectivity index is 1.89. The summed E-state index contributed by atoms with van der Waals surface area (Å²) in [6, 6.07) is 6.27. The molecule has 0 spiro atoms. The van der Waals surface area contributed by atoms with Gasteiger partial charge in [-0.2, -0.15) is 0 Å². The number of nitrogens with one attached hydrogen (secondary N) is 2. The van der Waals surface area contributed by atoms with Crippen molar-refractivity contribution in [2.75, 3.05) is 25.5 Å². The second-order valence-electron chi connectivity index (χ2n) is 4.37. The average Bonchev–Trinajstić information content (AvgIpc) is 2.38. The first-order valence-electron chi connectivity index (χ1n) is 6.10. The molecule has 1 fully saturated rings. The number of halogens is 1. The van der Waals surface area contributed by atoms with Crippen LogP contribution < -0.4 is 15.4 Å². The number of rotatable bonds is 4. The Labute approximate surface area is 107 Å². The Bertz CT molecular complexity index is 364. The van der Waals surface area contributed by atoms with Crippen LogP contribution in [0.3, 0.4) is 0 Å². The van der Waals surface area contributed by atoms with Crippen molar-refractivity contribution in [2.24, 2.45) is 0 Å². The maximum atomic E-state index is 6.16. The zero-order chi connectivity index (χ0) is 12.1. The first-order valence-corrected chi connectivity index (χ1v) is 6.48. The van der Waals surface area contributed by atoms with Crippen LogP contribution in [-0.4, -0.2) is 26.2 Å². The fourth-order valence-corrected chi connectivity index (χ4v) is 2.33. The third-order valence-corrected chi connectivity index (χ3v) is 3.44. The highest BCUT2D eigenvalue weighted by atomic mass is 35.5. The normalized spacial score (nSPS) is 20.0. The quantitative estimate of drug-likeness (QED) is 0.867. The van der Waals surface area contributed by atoms with E-state index >= 15 is 0 Å². The van der Waals surface area contributed by atoms with Gasteiger partial charge in [0, 0.05) is 18.7 Å². The fraction of sp³-hybridized carbons (Fsp3) is 0.538. The van der Waals surface area contributed by atoms with Crippen molar-refractivity contribution < 1.29 is 4.74 Å². The van der Waals surface area contributed by atoms with Gasteiger partial charge in [-0.1, -0.05) is 18.0 Å². The summed E-state index contributed by atoms with van der Waals surface area (Å²) in [5.74, 6) is 0.788. The van der Waals surface area contributed by atoms with Gasteiger partial charge in [0.1, 0.15) is 5.75 Å². The van der Waals surface area contributed by atoms with E-state index in [4.69, 9.17) is 16.3 Å². The lowest BCUT2D eigenvalue weighted by Crippen LogP contribution is -2.39. The van der Waals surface area contributed by atoms with Crippen molar-refractivity contribution in [1.82, 2.24) is 5.32 Å². The minimum absolute atomic E-state index is 0.557. The Morgan fingerprint density at radius 1 is 1.47 bits per heavy atom. The Morgan fingerprint density at radius 3 is 3.00 bits per heavy atom. The molecule has 2 N–H and O–H groups in total. The van der Waals surface area contributed by atoms with Crippen LogP contribution in [0.2, 0.25) is 5.02 Å². The number of hydrogen-bond donors (Lipinski definition) is 2. The minimum Gasteiger partial charge on any atom is -0.497 e. The largest absolute Gasteiger partial charge is 0.497 e. The summed E-state index contributed by atoms with van der Waals surface area (Å²) in [4.78, 5) is 0. The van der Waals surface area contributed by atoms with E-state index in [2.05, 4.69) is 10.6 Å². The lowest BCUT2D eigenvalue weighted by Gasteiger charge is -2.24. The highest BCUT2D eigenvalue weighted by Gasteiger charge is 2.12. The van der Waals surface area contributed by atoms with Crippen molar-refractivity contribution in [2.45, 2.75) is 25.3 Å². The van der Waals surface area contributed by atoms with Gasteiger partial charge >= 0.3 is 0 Å². The summed E-state index contributed by atoms with van der Waals surface area (Å²) in [5.41, 5.74) is 0.972. The molecule has 0 amide bonds. The number of piperidine rings is 1. The average molecular weight is 255 g/mol. The van der Waals surface area contributed by atoms with Crippen molar-refractivity contribution in [3.8, 4) is 5.75 Å². The second kappa shape index (κ2) is 6.12. The molecule has 1 aromatic rings. The molecule has 1 aromatic carbocycles. The van der Waals surface area contributed by atoms with Crippen LogP contribution in [0.1, 0.15) is 19.3 Å². The number of methoxy groups -OCH3 is 1. The van der Waals surface area contributed by atoms with E-state index in [0.717, 1.165) is 24.5 Å². The second-order valence-corrected chi connectivity index (χ2v) is 4.78. The number of benzene rings is 1. The Morgan fingerprint density at radius 2 is 2.35 bits per heavy atom. The summed E-state index contributed by atoms with van der Waals surface area (Å²) in [5, 5.41) is 7.59. The van der Waals surface area contributed by atoms with E-state index in [1.54, 1.807) is 7.11 Å². The van der Waals surface area contributed by atoms with Gasteiger partial charge in [-0.05, 0) is 31.5 Å². The summed E-state index contributed by atoms with van der Waals surface area (Å²) >= 11 is 6.16. The molecular formula is C13H19ClN2O. The van der Waals surface area contributed by atoms with Gasteiger partial charge in [-0.15, -0.1) is 0 Å². The smallest absolute Gasteiger partial charge is 0.120 e. The van der Waals surface area contributed by atoms with Crippen LogP contribution in [0.5, 0.6) is 5.75 Å². The van der Waals surface area contributed by atoms with Gasteiger partial charge < -0.3 is 15.4 Å². The molecular weight excluding hydrogens is 236 g/mol. The van der Waals surface area contributed by atoms with Crippen LogP contribution in [0.15, 0.2) is 18.2 Å². The van der Waals surface area contributed by atoms with Gasteiger partial charge in [0.2, 0.25) is 0 Å². The number of anilines is 1. The van der Waals surface area contributed by atoms with Crippen molar-refractivity contribution in [1.29, 1.82) is 0 Å². The van der Waals surface area contributed by atoms with Crippen LogP contribution in [0.25, 0.3) is 0 Å². The Hall–Kier alpha value is -0.930. The predicted molar refractivity (Wildman–Crippen MR) is 72.1 cm³/mol. The third-order valence-electron chi connectivity index (χ3n) is 3.13.